The van der Waals surface area contributed by atoms with E-state index in [1.165, 1.54) is 6.42 Å². The molecule has 7 heteroatoms. The van der Waals surface area contributed by atoms with Gasteiger partial charge in [-0.3, -0.25) is 9.58 Å². The van der Waals surface area contributed by atoms with Crippen molar-refractivity contribution in [2.24, 2.45) is 7.05 Å². The van der Waals surface area contributed by atoms with Crippen LogP contribution in [-0.2, 0) is 13.6 Å². The first-order chi connectivity index (χ1) is 9.24. The molecular formula is C12H17N7. The monoisotopic (exact) mass is 259 g/mol. The largest absolute Gasteiger partial charge is 0.382 e. The van der Waals surface area contributed by atoms with Gasteiger partial charge in [0.1, 0.15) is 5.82 Å². The third-order valence-electron chi connectivity index (χ3n) is 3.58. The first-order valence-corrected chi connectivity index (χ1v) is 6.41. The lowest BCUT2D eigenvalue weighted by molar-refractivity contribution is 0.237. The predicted molar refractivity (Wildman–Crippen MR) is 69.8 cm³/mol. The van der Waals surface area contributed by atoms with E-state index in [9.17, 15) is 0 Å². The van der Waals surface area contributed by atoms with E-state index in [0.29, 0.717) is 11.9 Å². The molecule has 1 aliphatic rings. The van der Waals surface area contributed by atoms with Crippen molar-refractivity contribution < 1.29 is 0 Å². The molecule has 0 aliphatic carbocycles. The number of nitrogens with two attached hydrogens (primary N) is 1. The van der Waals surface area contributed by atoms with E-state index >= 15 is 0 Å². The zero-order chi connectivity index (χ0) is 13.2. The first kappa shape index (κ1) is 12.0. The highest BCUT2D eigenvalue weighted by molar-refractivity contribution is 5.26. The molecule has 2 aromatic heterocycles. The van der Waals surface area contributed by atoms with Crippen LogP contribution in [0.3, 0.4) is 0 Å². The Morgan fingerprint density at radius 1 is 1.37 bits per heavy atom. The van der Waals surface area contributed by atoms with Crippen LogP contribution in [0.1, 0.15) is 30.3 Å². The van der Waals surface area contributed by atoms with Crippen LogP contribution in [0.4, 0.5) is 5.82 Å². The second kappa shape index (κ2) is 4.93. The van der Waals surface area contributed by atoms with Crippen molar-refractivity contribution in [3.05, 3.63) is 29.7 Å². The molecule has 1 aliphatic heterocycles. The number of rotatable bonds is 3. The summed E-state index contributed by atoms with van der Waals surface area (Å²) in [6.07, 6.45) is 4.08. The molecule has 7 nitrogen and oxygen atoms in total. The van der Waals surface area contributed by atoms with Crippen LogP contribution in [0.5, 0.6) is 0 Å². The minimum absolute atomic E-state index is 0.308. The van der Waals surface area contributed by atoms with Gasteiger partial charge in [0.15, 0.2) is 0 Å². The Hall–Kier alpha value is -2.02. The fraction of sp³-hybridized carbons (Fsp3) is 0.500. The van der Waals surface area contributed by atoms with E-state index < -0.39 is 0 Å². The van der Waals surface area contributed by atoms with Crippen molar-refractivity contribution in [1.82, 2.24) is 30.1 Å². The van der Waals surface area contributed by atoms with E-state index in [2.05, 4.69) is 25.4 Å². The summed E-state index contributed by atoms with van der Waals surface area (Å²) in [4.78, 5) is 2.39. The number of aromatic nitrogens is 5. The van der Waals surface area contributed by atoms with E-state index in [1.54, 1.807) is 0 Å². The van der Waals surface area contributed by atoms with Crippen LogP contribution in [-0.4, -0.2) is 36.6 Å². The number of aryl methyl sites for hydroxylation is 1. The maximum atomic E-state index is 5.58. The molecule has 1 unspecified atom stereocenters. The Labute approximate surface area is 111 Å². The van der Waals surface area contributed by atoms with E-state index in [-0.39, 0.29) is 0 Å². The minimum Gasteiger partial charge on any atom is -0.382 e. The van der Waals surface area contributed by atoms with Crippen molar-refractivity contribution in [3.63, 3.8) is 0 Å². The number of nitrogens with zero attached hydrogens (tertiary/aromatic N) is 6. The highest BCUT2D eigenvalue weighted by atomic mass is 15.4. The van der Waals surface area contributed by atoms with Crippen LogP contribution in [0.25, 0.3) is 0 Å². The van der Waals surface area contributed by atoms with Gasteiger partial charge in [-0.25, -0.2) is 0 Å². The van der Waals surface area contributed by atoms with Crippen molar-refractivity contribution in [1.29, 1.82) is 0 Å². The van der Waals surface area contributed by atoms with E-state index in [0.717, 1.165) is 30.9 Å². The molecule has 1 saturated heterocycles. The van der Waals surface area contributed by atoms with Gasteiger partial charge >= 0.3 is 0 Å². The summed E-state index contributed by atoms with van der Waals surface area (Å²) in [6.45, 7) is 1.89. The van der Waals surface area contributed by atoms with E-state index in [4.69, 9.17) is 5.73 Å². The van der Waals surface area contributed by atoms with Crippen molar-refractivity contribution in [2.75, 3.05) is 12.3 Å². The summed E-state index contributed by atoms with van der Waals surface area (Å²) in [7, 11) is 1.91. The normalized spacial score (nSPS) is 19.9. The lowest BCUT2D eigenvalue weighted by Crippen LogP contribution is -2.25. The average Bonchev–Trinajstić information content (AvgIpc) is 3.01. The molecule has 3 rings (SSSR count). The molecule has 0 saturated carbocycles. The summed E-state index contributed by atoms with van der Waals surface area (Å²) in [5.74, 6) is 0.462. The maximum Gasteiger partial charge on any atom is 0.146 e. The summed E-state index contributed by atoms with van der Waals surface area (Å²) in [6, 6.07) is 4.08. The van der Waals surface area contributed by atoms with Gasteiger partial charge in [-0.2, -0.15) is 5.10 Å². The molecule has 1 fully saturated rings. The molecular weight excluding hydrogens is 242 g/mol. The number of likely N-dealkylation sites (tertiary alicyclic amines) is 1. The van der Waals surface area contributed by atoms with Crippen LogP contribution in [0, 0.1) is 0 Å². The zero-order valence-electron chi connectivity index (χ0n) is 10.9. The highest BCUT2D eigenvalue weighted by Gasteiger charge is 2.28. The van der Waals surface area contributed by atoms with Crippen molar-refractivity contribution in [3.8, 4) is 0 Å². The average molecular weight is 259 g/mol. The van der Waals surface area contributed by atoms with Gasteiger partial charge in [-0.05, 0) is 31.5 Å². The first-order valence-electron chi connectivity index (χ1n) is 6.41. The minimum atomic E-state index is 0.308. The quantitative estimate of drug-likeness (QED) is 0.865. The zero-order valence-corrected chi connectivity index (χ0v) is 10.9. The van der Waals surface area contributed by atoms with Gasteiger partial charge in [-0.1, -0.05) is 5.21 Å². The van der Waals surface area contributed by atoms with Gasteiger partial charge in [0.2, 0.25) is 0 Å². The Morgan fingerprint density at radius 2 is 2.26 bits per heavy atom. The summed E-state index contributed by atoms with van der Waals surface area (Å²) >= 11 is 0. The third-order valence-corrected chi connectivity index (χ3v) is 3.58. The molecule has 0 spiro atoms. The summed E-state index contributed by atoms with van der Waals surface area (Å²) < 4.78 is 1.81. The molecule has 0 aromatic carbocycles. The maximum absolute atomic E-state index is 5.58. The van der Waals surface area contributed by atoms with E-state index in [1.807, 2.05) is 30.1 Å². The van der Waals surface area contributed by atoms with Gasteiger partial charge in [-0.15, -0.1) is 10.2 Å². The molecule has 2 N–H and O–H groups in total. The SMILES string of the molecule is Cn1nncc1CN1CCCC1c1ccc(N)nn1. The molecule has 100 valence electrons. The highest BCUT2D eigenvalue weighted by Crippen LogP contribution is 2.31. The molecule has 0 amide bonds. The Kier molecular flexibility index (Phi) is 3.12. The smallest absolute Gasteiger partial charge is 0.146 e. The Bertz CT molecular complexity index is 547. The predicted octanol–water partition coefficient (Wildman–Crippen LogP) is 0.524. The third kappa shape index (κ3) is 2.41. The van der Waals surface area contributed by atoms with Crippen LogP contribution in [0.15, 0.2) is 18.3 Å². The van der Waals surface area contributed by atoms with Gasteiger partial charge in [0, 0.05) is 13.6 Å². The Morgan fingerprint density at radius 3 is 2.95 bits per heavy atom. The van der Waals surface area contributed by atoms with Crippen LogP contribution in [0.2, 0.25) is 0 Å². The van der Waals surface area contributed by atoms with Gasteiger partial charge in [0.25, 0.3) is 0 Å². The fourth-order valence-corrected chi connectivity index (χ4v) is 2.54. The molecule has 1 atom stereocenters. The Balaban J connectivity index is 1.78. The lowest BCUT2D eigenvalue weighted by atomic mass is 10.1. The van der Waals surface area contributed by atoms with Crippen LogP contribution >= 0.6 is 0 Å². The van der Waals surface area contributed by atoms with Gasteiger partial charge in [0.05, 0.1) is 23.6 Å². The molecule has 0 bridgehead atoms. The summed E-state index contributed by atoms with van der Waals surface area (Å²) in [5.41, 5.74) is 7.68. The fourth-order valence-electron chi connectivity index (χ4n) is 2.54. The number of anilines is 1. The number of hydrogen-bond donors (Lipinski definition) is 1. The molecule has 2 aromatic rings. The van der Waals surface area contributed by atoms with Crippen molar-refractivity contribution >= 4 is 5.82 Å². The number of hydrogen-bond acceptors (Lipinski definition) is 6. The van der Waals surface area contributed by atoms with Crippen molar-refractivity contribution in [2.45, 2.75) is 25.4 Å². The standard InChI is InChI=1S/C12H17N7/c1-18-9(7-14-17-18)8-19-6-2-3-11(19)10-4-5-12(13)16-15-10/h4-5,7,11H,2-3,6,8H2,1H3,(H2,13,16). The topological polar surface area (TPSA) is 85.8 Å². The van der Waals surface area contributed by atoms with Crippen LogP contribution < -0.4 is 5.73 Å². The second-order valence-electron chi connectivity index (χ2n) is 4.86. The summed E-state index contributed by atoms with van der Waals surface area (Å²) in [5, 5.41) is 16.0. The number of nitrogen functional groups attached to an aromatic ring is 1. The lowest BCUT2D eigenvalue weighted by Gasteiger charge is -2.23. The molecule has 19 heavy (non-hydrogen) atoms. The molecule has 3 heterocycles. The van der Waals surface area contributed by atoms with Gasteiger partial charge < -0.3 is 5.73 Å². The molecule has 0 radical (unpaired) electrons. The second-order valence-corrected chi connectivity index (χ2v) is 4.86.